The van der Waals surface area contributed by atoms with Gasteiger partial charge in [-0.25, -0.2) is 0 Å². The highest BCUT2D eigenvalue weighted by Crippen LogP contribution is 2.51. The Labute approximate surface area is 252 Å². The average Bonchev–Trinajstić information content (AvgIpc) is 2.95. The first-order valence-corrected chi connectivity index (χ1v) is 14.1. The van der Waals surface area contributed by atoms with E-state index in [0.29, 0.717) is 22.4 Å². The Hall–Kier alpha value is -4.30. The molecule has 6 atom stereocenters. The number of primary amides is 1. The van der Waals surface area contributed by atoms with Gasteiger partial charge < -0.3 is 26.1 Å². The lowest BCUT2D eigenvalue weighted by atomic mass is 9.52. The Morgan fingerprint density at radius 1 is 1.05 bits per heavy atom. The van der Waals surface area contributed by atoms with Gasteiger partial charge in [-0.2, -0.15) is 5.06 Å². The molecule has 0 heterocycles. The number of carbonyl (C=O) groups excluding carboxylic acids is 6. The normalized spacial score (nSPS) is 28.0. The number of phenolic OH excluding ortho intramolecular Hbond substituents is 1. The fourth-order valence-electron chi connectivity index (χ4n) is 7.08. The van der Waals surface area contributed by atoms with Crippen LogP contribution in [0.1, 0.15) is 22.3 Å². The van der Waals surface area contributed by atoms with E-state index in [2.05, 4.69) is 5.32 Å². The molecule has 0 radical (unpaired) electrons. The molecule has 0 aliphatic heterocycles. The first-order valence-electron chi connectivity index (χ1n) is 14.1. The molecular formula is C31H34N4O9. The molecule has 13 nitrogen and oxygen atoms in total. The molecule has 3 aliphatic carbocycles. The van der Waals surface area contributed by atoms with Gasteiger partial charge in [-0.3, -0.25) is 33.7 Å². The van der Waals surface area contributed by atoms with E-state index in [1.807, 2.05) is 0 Å². The number of nitrogens with one attached hydrogen (secondary N) is 1. The number of likely N-dealkylation sites (N-methyl/N-ethyl adjacent to an activating group) is 2. The number of aliphatic hydroxyl groups is 1. The van der Waals surface area contributed by atoms with E-state index in [1.54, 1.807) is 37.4 Å². The number of Topliss-reactive ketones (excluding diaryl/α,β-unsaturated/α-hetero) is 4. The van der Waals surface area contributed by atoms with Gasteiger partial charge in [0.15, 0.2) is 34.7 Å². The van der Waals surface area contributed by atoms with Gasteiger partial charge >= 0.3 is 0 Å². The SMILES string of the molecule is CON(C)CC(=O)Nc1ccc(-c2ccc(O)c3c2C[C@H]2C[C@H]4[C@@H](N(C)C)C(=O)C(C(N)=O)C(=O)[C@@]4(O)C(=O)C2C3=O)cc1. The smallest absolute Gasteiger partial charge is 0.240 e. The van der Waals surface area contributed by atoms with Gasteiger partial charge in [0, 0.05) is 18.7 Å². The molecule has 2 amide bonds. The van der Waals surface area contributed by atoms with Crippen molar-refractivity contribution in [2.45, 2.75) is 24.5 Å². The Balaban J connectivity index is 1.52. The van der Waals surface area contributed by atoms with E-state index in [-0.39, 0.29) is 36.6 Å². The molecule has 0 aromatic heterocycles. The van der Waals surface area contributed by atoms with Crippen LogP contribution in [0, 0.1) is 23.7 Å². The first-order chi connectivity index (χ1) is 20.7. The summed E-state index contributed by atoms with van der Waals surface area (Å²) in [6, 6.07) is 8.68. The highest BCUT2D eigenvalue weighted by Gasteiger charge is 2.69. The maximum Gasteiger partial charge on any atom is 0.240 e. The summed E-state index contributed by atoms with van der Waals surface area (Å²) in [6.45, 7) is 0.0122. The average molecular weight is 607 g/mol. The number of nitrogens with zero attached hydrogens (tertiary/aromatic N) is 2. The van der Waals surface area contributed by atoms with Crippen molar-refractivity contribution in [2.75, 3.05) is 40.1 Å². The van der Waals surface area contributed by atoms with Crippen LogP contribution in [0.15, 0.2) is 36.4 Å². The predicted molar refractivity (Wildman–Crippen MR) is 155 cm³/mol. The number of carbonyl (C=O) groups is 6. The summed E-state index contributed by atoms with van der Waals surface area (Å²) in [5.41, 5.74) is 4.80. The quantitative estimate of drug-likeness (QED) is 0.244. The summed E-state index contributed by atoms with van der Waals surface area (Å²) < 4.78 is 0. The number of ketones is 4. The molecule has 0 saturated heterocycles. The van der Waals surface area contributed by atoms with E-state index in [1.165, 1.54) is 37.2 Å². The van der Waals surface area contributed by atoms with Crippen molar-refractivity contribution in [3.05, 3.63) is 47.5 Å². The zero-order valence-electron chi connectivity index (χ0n) is 24.7. The van der Waals surface area contributed by atoms with Crippen LogP contribution in [0.3, 0.4) is 0 Å². The number of hydrogen-bond donors (Lipinski definition) is 4. The van der Waals surface area contributed by atoms with Crippen LogP contribution < -0.4 is 11.1 Å². The molecule has 2 saturated carbocycles. The maximum atomic E-state index is 14.0. The minimum absolute atomic E-state index is 0.0122. The molecular weight excluding hydrogens is 572 g/mol. The van der Waals surface area contributed by atoms with Crippen molar-refractivity contribution in [3.8, 4) is 16.9 Å². The zero-order valence-corrected chi connectivity index (χ0v) is 24.7. The first kappa shape index (κ1) is 31.1. The number of phenols is 1. The minimum atomic E-state index is -2.78. The number of benzene rings is 2. The minimum Gasteiger partial charge on any atom is -0.507 e. The van der Waals surface area contributed by atoms with Crippen LogP contribution in [-0.4, -0.2) is 102 Å². The lowest BCUT2D eigenvalue weighted by Crippen LogP contribution is -2.74. The fourth-order valence-corrected chi connectivity index (χ4v) is 7.08. The largest absolute Gasteiger partial charge is 0.507 e. The summed E-state index contributed by atoms with van der Waals surface area (Å²) in [5, 5.41) is 26.6. The molecule has 2 aromatic carbocycles. The van der Waals surface area contributed by atoms with Crippen molar-refractivity contribution in [1.82, 2.24) is 9.96 Å². The van der Waals surface area contributed by atoms with Crippen LogP contribution in [0.2, 0.25) is 0 Å². The third-order valence-electron chi connectivity index (χ3n) is 9.10. The Bertz CT molecular complexity index is 1590. The van der Waals surface area contributed by atoms with Crippen LogP contribution in [0.25, 0.3) is 11.1 Å². The number of aromatic hydroxyl groups is 1. The van der Waals surface area contributed by atoms with E-state index in [9.17, 15) is 39.0 Å². The molecule has 3 aliphatic rings. The van der Waals surface area contributed by atoms with E-state index < -0.39 is 64.4 Å². The van der Waals surface area contributed by atoms with Crippen molar-refractivity contribution in [2.24, 2.45) is 29.4 Å². The second-order valence-corrected chi connectivity index (χ2v) is 11.9. The molecule has 0 spiro atoms. The zero-order chi connectivity index (χ0) is 32.2. The molecule has 2 unspecified atom stereocenters. The standard InChI is InChI=1S/C31H34N4O9/c1-34(2)25-19-12-15-11-18-17(14-5-7-16(8-6-14)33-21(37)13-35(3)44-4)9-10-20(36)23(18)26(38)22(15)28(40)31(19,43)29(41)24(27(25)39)30(32)42/h5-10,15,19,22,24-25,36,43H,11-13H2,1-4H3,(H2,32,42)(H,33,37)/t15-,19-,22?,24?,25+,31-/m0/s1. The summed E-state index contributed by atoms with van der Waals surface area (Å²) in [7, 11) is 6.13. The second kappa shape index (κ2) is 11.3. The summed E-state index contributed by atoms with van der Waals surface area (Å²) >= 11 is 0. The van der Waals surface area contributed by atoms with Gasteiger partial charge in [-0.15, -0.1) is 0 Å². The Morgan fingerprint density at radius 3 is 2.30 bits per heavy atom. The van der Waals surface area contributed by atoms with Crippen molar-refractivity contribution in [1.29, 1.82) is 0 Å². The van der Waals surface area contributed by atoms with Gasteiger partial charge in [-0.1, -0.05) is 18.2 Å². The summed E-state index contributed by atoms with van der Waals surface area (Å²) in [5.74, 6) is -11.3. The number of hydroxylamine groups is 2. The number of hydrogen-bond acceptors (Lipinski definition) is 11. The van der Waals surface area contributed by atoms with Gasteiger partial charge in [0.05, 0.1) is 24.6 Å². The molecule has 5 rings (SSSR count). The molecule has 0 bridgehead atoms. The van der Waals surface area contributed by atoms with Crippen LogP contribution in [0.4, 0.5) is 5.69 Å². The monoisotopic (exact) mass is 606 g/mol. The number of anilines is 1. The topological polar surface area (TPSA) is 197 Å². The Morgan fingerprint density at radius 2 is 1.70 bits per heavy atom. The maximum absolute atomic E-state index is 14.0. The summed E-state index contributed by atoms with van der Waals surface area (Å²) in [6.07, 6.45) is 0.0945. The molecule has 2 fully saturated rings. The Kier molecular flexibility index (Phi) is 8.01. The van der Waals surface area contributed by atoms with Crippen molar-refractivity contribution < 1.29 is 43.8 Å². The van der Waals surface area contributed by atoms with Crippen LogP contribution >= 0.6 is 0 Å². The van der Waals surface area contributed by atoms with E-state index >= 15 is 0 Å². The fraction of sp³-hybridized carbons (Fsp3) is 0.419. The number of rotatable bonds is 7. The van der Waals surface area contributed by atoms with Gasteiger partial charge in [0.25, 0.3) is 0 Å². The molecule has 13 heteroatoms. The number of nitrogens with two attached hydrogens (primary N) is 1. The summed E-state index contributed by atoms with van der Waals surface area (Å²) in [4.78, 5) is 85.3. The number of amides is 2. The molecule has 232 valence electrons. The molecule has 2 aromatic rings. The third-order valence-corrected chi connectivity index (χ3v) is 9.10. The van der Waals surface area contributed by atoms with Gasteiger partial charge in [-0.05, 0) is 67.7 Å². The van der Waals surface area contributed by atoms with Gasteiger partial charge in [0.1, 0.15) is 12.3 Å². The predicted octanol–water partition coefficient (Wildman–Crippen LogP) is -0.0343. The van der Waals surface area contributed by atoms with Crippen LogP contribution in [0.5, 0.6) is 5.75 Å². The molecule has 44 heavy (non-hydrogen) atoms. The van der Waals surface area contributed by atoms with E-state index in [4.69, 9.17) is 10.6 Å². The van der Waals surface area contributed by atoms with E-state index in [0.717, 1.165) is 0 Å². The number of fused-ring (bicyclic) bond motifs is 3. The highest BCUT2D eigenvalue weighted by molar-refractivity contribution is 6.32. The van der Waals surface area contributed by atoms with Gasteiger partial charge in [0.2, 0.25) is 11.8 Å². The van der Waals surface area contributed by atoms with Crippen molar-refractivity contribution in [3.63, 3.8) is 0 Å². The van der Waals surface area contributed by atoms with Crippen molar-refractivity contribution >= 4 is 40.6 Å². The second-order valence-electron chi connectivity index (χ2n) is 11.9. The lowest BCUT2D eigenvalue weighted by Gasteiger charge is -2.52. The highest BCUT2D eigenvalue weighted by atomic mass is 16.7. The molecule has 5 N–H and O–H groups in total. The lowest BCUT2D eigenvalue weighted by molar-refractivity contribution is -0.181. The third kappa shape index (κ3) is 4.81. The van der Waals surface area contributed by atoms with Crippen LogP contribution in [-0.2, 0) is 35.2 Å².